The van der Waals surface area contributed by atoms with Gasteiger partial charge in [0.05, 0.1) is 13.2 Å². The molecular formula is C16H20N8O. The Bertz CT molecular complexity index is 873. The summed E-state index contributed by atoms with van der Waals surface area (Å²) in [4.78, 5) is 20.2. The van der Waals surface area contributed by atoms with E-state index in [4.69, 9.17) is 15.6 Å². The van der Waals surface area contributed by atoms with Crippen molar-refractivity contribution in [2.75, 3.05) is 36.6 Å². The quantitative estimate of drug-likeness (QED) is 0.536. The number of aryl methyl sites for hydroxylation is 1. The first-order chi connectivity index (χ1) is 12.3. The number of fused-ring (bicyclic) bond motifs is 1. The number of hydrogen-bond acceptors (Lipinski definition) is 8. The molecule has 9 nitrogen and oxygen atoms in total. The molecule has 3 N–H and O–H groups in total. The molecule has 0 atom stereocenters. The van der Waals surface area contributed by atoms with Crippen LogP contribution in [-0.4, -0.2) is 50.8 Å². The van der Waals surface area contributed by atoms with E-state index in [9.17, 15) is 0 Å². The molecule has 0 spiro atoms. The molecule has 0 radical (unpaired) electrons. The van der Waals surface area contributed by atoms with Gasteiger partial charge in [0.1, 0.15) is 5.82 Å². The first-order valence-electron chi connectivity index (χ1n) is 8.29. The summed E-state index contributed by atoms with van der Waals surface area (Å²) >= 11 is 0. The summed E-state index contributed by atoms with van der Waals surface area (Å²) in [5, 5.41) is 0. The number of anilines is 2. The van der Waals surface area contributed by atoms with Gasteiger partial charge in [-0.2, -0.15) is 9.97 Å². The van der Waals surface area contributed by atoms with E-state index in [1.807, 2.05) is 12.1 Å². The van der Waals surface area contributed by atoms with E-state index in [2.05, 4.69) is 36.8 Å². The number of hydrazine groups is 1. The van der Waals surface area contributed by atoms with Gasteiger partial charge in [0.15, 0.2) is 17.0 Å². The number of morpholine rings is 1. The molecule has 1 saturated heterocycles. The second-order valence-corrected chi connectivity index (χ2v) is 5.70. The fraction of sp³-hybridized carbons (Fsp3) is 0.375. The van der Waals surface area contributed by atoms with Gasteiger partial charge in [-0.3, -0.25) is 10.4 Å². The van der Waals surface area contributed by atoms with Crippen LogP contribution in [-0.2, 0) is 11.3 Å². The highest BCUT2D eigenvalue weighted by Gasteiger charge is 2.22. The molecule has 0 aliphatic carbocycles. The van der Waals surface area contributed by atoms with E-state index in [1.54, 1.807) is 12.4 Å². The fourth-order valence-corrected chi connectivity index (χ4v) is 3.07. The van der Waals surface area contributed by atoms with E-state index in [-0.39, 0.29) is 0 Å². The van der Waals surface area contributed by atoms with Crippen LogP contribution in [0.25, 0.3) is 22.6 Å². The first kappa shape index (κ1) is 15.7. The Labute approximate surface area is 144 Å². The summed E-state index contributed by atoms with van der Waals surface area (Å²) < 4.78 is 7.52. The van der Waals surface area contributed by atoms with E-state index in [1.165, 1.54) is 0 Å². The summed E-state index contributed by atoms with van der Waals surface area (Å²) in [6.45, 7) is 5.67. The smallest absolute Gasteiger partial charge is 0.241 e. The predicted molar refractivity (Wildman–Crippen MR) is 95.1 cm³/mol. The van der Waals surface area contributed by atoms with Crippen LogP contribution in [0.3, 0.4) is 0 Å². The van der Waals surface area contributed by atoms with Crippen molar-refractivity contribution >= 4 is 22.9 Å². The maximum atomic E-state index is 5.59. The van der Waals surface area contributed by atoms with Crippen molar-refractivity contribution in [1.29, 1.82) is 0 Å². The molecule has 0 unspecified atom stereocenters. The molecule has 1 aliphatic rings. The van der Waals surface area contributed by atoms with Gasteiger partial charge in [-0.15, -0.1) is 0 Å². The van der Waals surface area contributed by atoms with E-state index >= 15 is 0 Å². The van der Waals surface area contributed by atoms with E-state index in [0.717, 1.165) is 48.0 Å². The third-order valence-corrected chi connectivity index (χ3v) is 4.27. The topological polar surface area (TPSA) is 107 Å². The van der Waals surface area contributed by atoms with Crippen LogP contribution in [0.4, 0.5) is 11.8 Å². The second kappa shape index (κ2) is 6.61. The third-order valence-electron chi connectivity index (χ3n) is 4.27. The highest BCUT2D eigenvalue weighted by Crippen LogP contribution is 2.30. The molecule has 4 heterocycles. The fourth-order valence-electron chi connectivity index (χ4n) is 3.07. The number of ether oxygens (including phenoxy) is 1. The second-order valence-electron chi connectivity index (χ2n) is 5.70. The van der Waals surface area contributed by atoms with Crippen LogP contribution in [0.2, 0.25) is 0 Å². The number of aromatic nitrogens is 5. The lowest BCUT2D eigenvalue weighted by Crippen LogP contribution is -2.37. The van der Waals surface area contributed by atoms with Crippen molar-refractivity contribution in [3.05, 3.63) is 24.5 Å². The summed E-state index contributed by atoms with van der Waals surface area (Å²) in [6.07, 6.45) is 3.52. The Morgan fingerprint density at radius 2 is 1.92 bits per heavy atom. The summed E-state index contributed by atoms with van der Waals surface area (Å²) in [5.74, 6) is 7.60. The maximum absolute atomic E-state index is 5.59. The third kappa shape index (κ3) is 2.77. The number of rotatable bonds is 4. The largest absolute Gasteiger partial charge is 0.378 e. The zero-order chi connectivity index (χ0) is 17.2. The van der Waals surface area contributed by atoms with Gasteiger partial charge in [0.2, 0.25) is 5.95 Å². The number of nitrogen functional groups attached to an aromatic ring is 1. The summed E-state index contributed by atoms with van der Waals surface area (Å²) in [7, 11) is 0. The Hall–Kier alpha value is -2.78. The first-order valence-corrected chi connectivity index (χ1v) is 8.29. The number of nitrogens with one attached hydrogen (secondary N) is 1. The minimum Gasteiger partial charge on any atom is -0.378 e. The molecular weight excluding hydrogens is 320 g/mol. The Kier molecular flexibility index (Phi) is 4.16. The lowest BCUT2D eigenvalue weighted by molar-refractivity contribution is 0.122. The molecule has 3 aromatic rings. The maximum Gasteiger partial charge on any atom is 0.241 e. The predicted octanol–water partition coefficient (Wildman–Crippen LogP) is 1.03. The van der Waals surface area contributed by atoms with Gasteiger partial charge in [0.25, 0.3) is 0 Å². The Morgan fingerprint density at radius 1 is 1.16 bits per heavy atom. The van der Waals surface area contributed by atoms with Crippen molar-refractivity contribution in [2.24, 2.45) is 5.84 Å². The monoisotopic (exact) mass is 340 g/mol. The molecule has 0 amide bonds. The molecule has 130 valence electrons. The molecule has 1 fully saturated rings. The molecule has 0 bridgehead atoms. The minimum atomic E-state index is 0.380. The lowest BCUT2D eigenvalue weighted by atomic mass is 10.2. The summed E-state index contributed by atoms with van der Waals surface area (Å²) in [6, 6.07) is 3.88. The van der Waals surface area contributed by atoms with Gasteiger partial charge in [0, 0.05) is 37.6 Å². The Balaban J connectivity index is 1.94. The van der Waals surface area contributed by atoms with Gasteiger partial charge in [-0.25, -0.2) is 10.8 Å². The standard InChI is InChI=1S/C16H20N8O/c1-2-24-13(11-3-5-18-6-4-11)19-12-14(23-7-9-25-10-8-23)20-16(22-17)21-15(12)24/h3-6H,2,7-10,17H2,1H3,(H,20,21,22). The van der Waals surface area contributed by atoms with Gasteiger partial charge in [-0.05, 0) is 19.1 Å². The van der Waals surface area contributed by atoms with Crippen molar-refractivity contribution in [3.63, 3.8) is 0 Å². The van der Waals surface area contributed by atoms with Gasteiger partial charge < -0.3 is 14.2 Å². The van der Waals surface area contributed by atoms with Crippen LogP contribution >= 0.6 is 0 Å². The molecule has 1 aliphatic heterocycles. The van der Waals surface area contributed by atoms with Crippen molar-refractivity contribution in [2.45, 2.75) is 13.5 Å². The number of nitrogens with zero attached hydrogens (tertiary/aromatic N) is 6. The average molecular weight is 340 g/mol. The zero-order valence-corrected chi connectivity index (χ0v) is 14.0. The molecule has 4 rings (SSSR count). The van der Waals surface area contributed by atoms with Crippen LogP contribution in [0.1, 0.15) is 6.92 Å². The van der Waals surface area contributed by atoms with Crippen LogP contribution in [0, 0.1) is 0 Å². The molecule has 0 aromatic carbocycles. The van der Waals surface area contributed by atoms with E-state index in [0.29, 0.717) is 19.2 Å². The number of hydrogen-bond donors (Lipinski definition) is 2. The number of imidazole rings is 1. The van der Waals surface area contributed by atoms with Crippen LogP contribution in [0.5, 0.6) is 0 Å². The zero-order valence-electron chi connectivity index (χ0n) is 14.0. The minimum absolute atomic E-state index is 0.380. The lowest BCUT2D eigenvalue weighted by Gasteiger charge is -2.28. The van der Waals surface area contributed by atoms with Crippen LogP contribution < -0.4 is 16.2 Å². The van der Waals surface area contributed by atoms with E-state index < -0.39 is 0 Å². The van der Waals surface area contributed by atoms with Gasteiger partial charge >= 0.3 is 0 Å². The van der Waals surface area contributed by atoms with Crippen molar-refractivity contribution in [1.82, 2.24) is 24.5 Å². The van der Waals surface area contributed by atoms with Crippen LogP contribution in [0.15, 0.2) is 24.5 Å². The normalized spacial score (nSPS) is 14.9. The molecule has 0 saturated carbocycles. The van der Waals surface area contributed by atoms with Crippen molar-refractivity contribution in [3.8, 4) is 11.4 Å². The SMILES string of the molecule is CCn1c(-c2ccncc2)nc2c(N3CCOCC3)nc(NN)nc21. The van der Waals surface area contributed by atoms with Gasteiger partial charge in [-0.1, -0.05) is 0 Å². The number of nitrogens with two attached hydrogens (primary N) is 1. The summed E-state index contributed by atoms with van der Waals surface area (Å²) in [5.41, 5.74) is 5.09. The highest BCUT2D eigenvalue weighted by molar-refractivity contribution is 5.88. The molecule has 3 aromatic heterocycles. The molecule has 25 heavy (non-hydrogen) atoms. The Morgan fingerprint density at radius 3 is 2.60 bits per heavy atom. The average Bonchev–Trinajstić information content (AvgIpc) is 3.07. The molecule has 9 heteroatoms. The number of pyridine rings is 1. The highest BCUT2D eigenvalue weighted by atomic mass is 16.5. The van der Waals surface area contributed by atoms with Crippen molar-refractivity contribution < 1.29 is 4.74 Å².